The summed E-state index contributed by atoms with van der Waals surface area (Å²) in [6.07, 6.45) is 9.09. The molecule has 0 saturated carbocycles. The molecule has 2 rings (SSSR count). The molecule has 1 aliphatic rings. The first-order chi connectivity index (χ1) is 10.6. The highest BCUT2D eigenvalue weighted by Crippen LogP contribution is 2.37. The normalized spacial score (nSPS) is 15.4. The molecule has 2 heteroatoms. The van der Waals surface area contributed by atoms with Crippen molar-refractivity contribution in [3.05, 3.63) is 88.5 Å². The molecule has 0 heterocycles. The van der Waals surface area contributed by atoms with Crippen LogP contribution in [-0.4, -0.2) is 0 Å². The molecule has 0 atom stereocenters. The lowest BCUT2D eigenvalue weighted by Crippen LogP contribution is -2.01. The van der Waals surface area contributed by atoms with E-state index in [4.69, 9.17) is 11.6 Å². The molecule has 0 spiro atoms. The summed E-state index contributed by atoms with van der Waals surface area (Å²) in [6.45, 7) is 9.41. The number of benzene rings is 1. The summed E-state index contributed by atoms with van der Waals surface area (Å²) in [7, 11) is 0. The number of halogens is 2. The van der Waals surface area contributed by atoms with Gasteiger partial charge in [-0.15, -0.1) is 0 Å². The molecule has 0 aromatic heterocycles. The second kappa shape index (κ2) is 7.42. The maximum atomic E-state index is 12.8. The maximum Gasteiger partial charge on any atom is 0.115 e. The molecule has 0 unspecified atom stereocenters. The van der Waals surface area contributed by atoms with E-state index in [1.807, 2.05) is 30.4 Å². The first-order valence-corrected chi connectivity index (χ1v) is 7.74. The lowest BCUT2D eigenvalue weighted by molar-refractivity contribution is 0.485. The van der Waals surface area contributed by atoms with Crippen molar-refractivity contribution in [2.24, 2.45) is 0 Å². The number of alkyl halides is 1. The Labute approximate surface area is 137 Å². The zero-order valence-electron chi connectivity index (χ0n) is 12.8. The van der Waals surface area contributed by atoms with E-state index in [2.05, 4.69) is 26.2 Å². The zero-order chi connectivity index (χ0) is 16.1. The summed E-state index contributed by atoms with van der Waals surface area (Å²) in [4.78, 5) is 0. The molecule has 1 aliphatic carbocycles. The average molecular weight is 315 g/mol. The van der Waals surface area contributed by atoms with Crippen molar-refractivity contribution in [1.29, 1.82) is 0 Å². The minimum Gasteiger partial charge on any atom is -0.246 e. The van der Waals surface area contributed by atoms with Gasteiger partial charge in [-0.05, 0) is 39.8 Å². The third kappa shape index (κ3) is 3.48. The Morgan fingerprint density at radius 1 is 1.36 bits per heavy atom. The number of hydrogen-bond acceptors (Lipinski definition) is 0. The SMILES string of the molecule is C=C/C=C\C1=C(Cl)CC(c2ccc(CF)cc2CC)=CC1=C. The molecule has 0 amide bonds. The first-order valence-electron chi connectivity index (χ1n) is 7.36. The van der Waals surface area contributed by atoms with E-state index in [9.17, 15) is 4.39 Å². The van der Waals surface area contributed by atoms with Crippen LogP contribution in [0.4, 0.5) is 4.39 Å². The molecular weight excluding hydrogens is 295 g/mol. The van der Waals surface area contributed by atoms with Gasteiger partial charge in [0.2, 0.25) is 0 Å². The van der Waals surface area contributed by atoms with Gasteiger partial charge in [0.05, 0.1) is 0 Å². The first kappa shape index (κ1) is 16.5. The summed E-state index contributed by atoms with van der Waals surface area (Å²) in [5.74, 6) is 0. The summed E-state index contributed by atoms with van der Waals surface area (Å²) in [5.41, 5.74) is 5.96. The number of aryl methyl sites for hydroxylation is 1. The van der Waals surface area contributed by atoms with E-state index in [0.717, 1.165) is 39.3 Å². The zero-order valence-corrected chi connectivity index (χ0v) is 13.6. The van der Waals surface area contributed by atoms with Gasteiger partial charge < -0.3 is 0 Å². The van der Waals surface area contributed by atoms with Crippen molar-refractivity contribution in [1.82, 2.24) is 0 Å². The van der Waals surface area contributed by atoms with E-state index in [-0.39, 0.29) is 0 Å². The average Bonchev–Trinajstić information content (AvgIpc) is 2.53. The fourth-order valence-electron chi connectivity index (χ4n) is 2.65. The molecule has 0 N–H and O–H groups in total. The molecule has 0 nitrogen and oxygen atoms in total. The van der Waals surface area contributed by atoms with E-state index in [1.54, 1.807) is 6.08 Å². The van der Waals surface area contributed by atoms with Crippen LogP contribution in [0.25, 0.3) is 5.57 Å². The molecule has 114 valence electrons. The van der Waals surface area contributed by atoms with Crippen LogP contribution in [0.1, 0.15) is 30.0 Å². The molecule has 0 saturated heterocycles. The second-order valence-corrected chi connectivity index (χ2v) is 5.72. The van der Waals surface area contributed by atoms with Gasteiger partial charge in [0.15, 0.2) is 0 Å². The van der Waals surface area contributed by atoms with Crippen LogP contribution in [0.3, 0.4) is 0 Å². The van der Waals surface area contributed by atoms with Crippen LogP contribution in [0, 0.1) is 0 Å². The smallest absolute Gasteiger partial charge is 0.115 e. The summed E-state index contributed by atoms with van der Waals surface area (Å²) in [6, 6.07) is 5.76. The Bertz CT molecular complexity index is 690. The predicted octanol–water partition coefficient (Wildman–Crippen LogP) is 6.30. The van der Waals surface area contributed by atoms with Crippen molar-refractivity contribution >= 4 is 17.2 Å². The highest BCUT2D eigenvalue weighted by Gasteiger charge is 2.17. The van der Waals surface area contributed by atoms with Crippen molar-refractivity contribution in [2.75, 3.05) is 0 Å². The van der Waals surface area contributed by atoms with E-state index < -0.39 is 6.67 Å². The Kier molecular flexibility index (Phi) is 5.57. The van der Waals surface area contributed by atoms with Gasteiger partial charge >= 0.3 is 0 Å². The highest BCUT2D eigenvalue weighted by molar-refractivity contribution is 6.31. The van der Waals surface area contributed by atoms with Gasteiger partial charge in [0, 0.05) is 11.5 Å². The Morgan fingerprint density at radius 2 is 2.14 bits per heavy atom. The molecule has 0 fully saturated rings. The monoisotopic (exact) mass is 314 g/mol. The fourth-order valence-corrected chi connectivity index (χ4v) is 2.97. The third-order valence-electron chi connectivity index (χ3n) is 3.78. The molecule has 0 radical (unpaired) electrons. The topological polar surface area (TPSA) is 0 Å². The summed E-state index contributed by atoms with van der Waals surface area (Å²) < 4.78 is 12.8. The minimum absolute atomic E-state index is 0.434. The predicted molar refractivity (Wildman–Crippen MR) is 94.6 cm³/mol. The maximum absolute atomic E-state index is 12.8. The van der Waals surface area contributed by atoms with Crippen LogP contribution in [0.15, 0.2) is 71.8 Å². The fraction of sp³-hybridized carbons (Fsp3) is 0.200. The minimum atomic E-state index is -0.434. The molecule has 22 heavy (non-hydrogen) atoms. The van der Waals surface area contributed by atoms with E-state index in [0.29, 0.717) is 12.0 Å². The van der Waals surface area contributed by atoms with Gasteiger partial charge in [-0.25, -0.2) is 4.39 Å². The number of hydrogen-bond donors (Lipinski definition) is 0. The molecule has 1 aromatic rings. The van der Waals surface area contributed by atoms with Crippen LogP contribution in [0.5, 0.6) is 0 Å². The van der Waals surface area contributed by atoms with Gasteiger partial charge in [-0.1, -0.05) is 74.2 Å². The Balaban J connectivity index is 2.39. The van der Waals surface area contributed by atoms with Gasteiger partial charge in [-0.2, -0.15) is 0 Å². The quantitative estimate of drug-likeness (QED) is 0.560. The second-order valence-electron chi connectivity index (χ2n) is 5.26. The van der Waals surface area contributed by atoms with Crippen molar-refractivity contribution in [3.8, 4) is 0 Å². The van der Waals surface area contributed by atoms with Gasteiger partial charge in [0.25, 0.3) is 0 Å². The van der Waals surface area contributed by atoms with E-state index in [1.165, 1.54) is 0 Å². The van der Waals surface area contributed by atoms with Crippen LogP contribution in [0.2, 0.25) is 0 Å². The molecule has 0 bridgehead atoms. The lowest BCUT2D eigenvalue weighted by atomic mass is 9.87. The largest absolute Gasteiger partial charge is 0.246 e. The van der Waals surface area contributed by atoms with Crippen LogP contribution >= 0.6 is 11.6 Å². The van der Waals surface area contributed by atoms with Crippen molar-refractivity contribution in [2.45, 2.75) is 26.4 Å². The van der Waals surface area contributed by atoms with Crippen LogP contribution in [-0.2, 0) is 13.1 Å². The molecule has 0 aliphatic heterocycles. The van der Waals surface area contributed by atoms with Crippen molar-refractivity contribution < 1.29 is 4.39 Å². The summed E-state index contributed by atoms with van der Waals surface area (Å²) in [5, 5.41) is 0.775. The third-order valence-corrected chi connectivity index (χ3v) is 4.12. The van der Waals surface area contributed by atoms with Crippen molar-refractivity contribution in [3.63, 3.8) is 0 Å². The highest BCUT2D eigenvalue weighted by atomic mass is 35.5. The van der Waals surface area contributed by atoms with E-state index >= 15 is 0 Å². The molecular formula is C20H20ClF. The Morgan fingerprint density at radius 3 is 2.73 bits per heavy atom. The summed E-state index contributed by atoms with van der Waals surface area (Å²) >= 11 is 6.44. The van der Waals surface area contributed by atoms with Gasteiger partial charge in [0.1, 0.15) is 6.67 Å². The lowest BCUT2D eigenvalue weighted by Gasteiger charge is -2.20. The number of allylic oxidation sites excluding steroid dienone is 8. The van der Waals surface area contributed by atoms with Crippen LogP contribution < -0.4 is 0 Å². The number of rotatable bonds is 5. The molecule has 1 aromatic carbocycles. The van der Waals surface area contributed by atoms with Gasteiger partial charge in [-0.3, -0.25) is 0 Å². The Hall–Kier alpha value is -1.86. The standard InChI is InChI=1S/C20H20ClF/c1-4-6-7-18-14(3)10-17(12-20(18)21)19-9-8-15(13-22)11-16(19)5-2/h4,6-11H,1,3,5,12-13H2,2H3/b7-6-.